The van der Waals surface area contributed by atoms with Gasteiger partial charge in [-0.3, -0.25) is 10.2 Å². The van der Waals surface area contributed by atoms with Gasteiger partial charge in [0.25, 0.3) is 5.91 Å². The molecular weight excluding hydrogens is 315 g/mol. The first-order valence-corrected chi connectivity index (χ1v) is 6.95. The number of nitrogens with zero attached hydrogens (tertiary/aromatic N) is 4. The van der Waals surface area contributed by atoms with Crippen LogP contribution in [0.25, 0.3) is 0 Å². The molecule has 1 amide bonds. The van der Waals surface area contributed by atoms with Crippen LogP contribution >= 0.6 is 0 Å². The molecule has 8 nitrogen and oxygen atoms in total. The largest absolute Gasteiger partial charge is 0.463 e. The lowest BCUT2D eigenvalue weighted by molar-refractivity contribution is 0.0949. The molecule has 0 aliphatic carbocycles. The third-order valence-electron chi connectivity index (χ3n) is 3.09. The molecule has 2 heterocycles. The van der Waals surface area contributed by atoms with Gasteiger partial charge in [0.1, 0.15) is 11.6 Å². The maximum Gasteiger partial charge on any atom is 0.293 e. The smallest absolute Gasteiger partial charge is 0.293 e. The summed E-state index contributed by atoms with van der Waals surface area (Å²) in [5.41, 5.74) is 6.43. The molecule has 0 aliphatic heterocycles. The van der Waals surface area contributed by atoms with E-state index in [1.165, 1.54) is 29.4 Å². The van der Waals surface area contributed by atoms with Gasteiger partial charge in [0.2, 0.25) is 0 Å². The molecule has 122 valence electrons. The fourth-order valence-corrected chi connectivity index (χ4v) is 1.86. The molecule has 9 heteroatoms. The van der Waals surface area contributed by atoms with Gasteiger partial charge >= 0.3 is 0 Å². The van der Waals surface area contributed by atoms with Gasteiger partial charge in [-0.25, -0.2) is 9.82 Å². The van der Waals surface area contributed by atoms with E-state index in [9.17, 15) is 9.18 Å². The second kappa shape index (κ2) is 6.73. The highest BCUT2D eigenvalue weighted by Crippen LogP contribution is 2.10. The molecule has 0 fully saturated rings. The molecule has 0 radical (unpaired) electrons. The van der Waals surface area contributed by atoms with Gasteiger partial charge in [0.15, 0.2) is 5.69 Å². The first-order chi connectivity index (χ1) is 11.6. The minimum absolute atomic E-state index is 0.112. The van der Waals surface area contributed by atoms with E-state index in [-0.39, 0.29) is 11.5 Å². The Bertz CT molecular complexity index is 855. The average molecular weight is 328 g/mol. The first kappa shape index (κ1) is 15.4. The highest BCUT2D eigenvalue weighted by atomic mass is 19.1. The third-order valence-corrected chi connectivity index (χ3v) is 3.09. The van der Waals surface area contributed by atoms with Gasteiger partial charge in [-0.2, -0.15) is 9.89 Å². The molecule has 0 saturated carbocycles. The van der Waals surface area contributed by atoms with E-state index in [0.717, 1.165) is 0 Å². The van der Waals surface area contributed by atoms with Crippen LogP contribution in [0.2, 0.25) is 0 Å². The van der Waals surface area contributed by atoms with Crippen molar-refractivity contribution in [2.45, 2.75) is 6.92 Å². The maximum atomic E-state index is 12.9. The summed E-state index contributed by atoms with van der Waals surface area (Å²) in [6.07, 6.45) is 2.87. The number of hydrogen-bond donors (Lipinski definition) is 2. The van der Waals surface area contributed by atoms with Crippen molar-refractivity contribution in [3.05, 3.63) is 65.6 Å². The lowest BCUT2D eigenvalue weighted by atomic mass is 10.3. The molecular formula is C15H13FN6O2. The van der Waals surface area contributed by atoms with Crippen molar-refractivity contribution in [2.24, 2.45) is 5.10 Å². The van der Waals surface area contributed by atoms with Crippen LogP contribution in [0.4, 0.5) is 10.1 Å². The number of aromatic nitrogens is 3. The molecule has 3 rings (SSSR count). The Labute approximate surface area is 135 Å². The van der Waals surface area contributed by atoms with Crippen molar-refractivity contribution in [3.8, 4) is 0 Å². The number of nitrogens with one attached hydrogen (secondary N) is 2. The zero-order valence-corrected chi connectivity index (χ0v) is 12.6. The molecule has 2 aromatic heterocycles. The van der Waals surface area contributed by atoms with Gasteiger partial charge in [0, 0.05) is 0 Å². The van der Waals surface area contributed by atoms with Gasteiger partial charge in [-0.1, -0.05) is 0 Å². The number of halogens is 1. The number of furan rings is 1. The molecule has 2 N–H and O–H groups in total. The Morgan fingerprint density at radius 2 is 2.12 bits per heavy atom. The minimum atomic E-state index is -0.512. The number of hydrogen-bond acceptors (Lipinski definition) is 6. The van der Waals surface area contributed by atoms with E-state index in [2.05, 4.69) is 26.3 Å². The van der Waals surface area contributed by atoms with Crippen molar-refractivity contribution in [3.63, 3.8) is 0 Å². The highest BCUT2D eigenvalue weighted by Gasteiger charge is 2.16. The zero-order chi connectivity index (χ0) is 16.9. The van der Waals surface area contributed by atoms with Crippen LogP contribution in [0.15, 0.2) is 52.2 Å². The fourth-order valence-electron chi connectivity index (χ4n) is 1.86. The lowest BCUT2D eigenvalue weighted by Crippen LogP contribution is -2.20. The molecule has 0 unspecified atom stereocenters. The third kappa shape index (κ3) is 3.46. The second-order valence-electron chi connectivity index (χ2n) is 4.77. The lowest BCUT2D eigenvalue weighted by Gasteiger charge is -2.06. The van der Waals surface area contributed by atoms with E-state index < -0.39 is 5.91 Å². The molecule has 0 spiro atoms. The monoisotopic (exact) mass is 328 g/mol. The second-order valence-corrected chi connectivity index (χ2v) is 4.77. The number of rotatable bonds is 5. The standard InChI is InChI=1S/C15H13FN6O2/c1-10-14(15(23)19-17-9-13-3-2-8-24-13)18-21-22(10)20-12-6-4-11(16)5-7-12/h2-9,20H,1H3,(H,19,23)/b17-9+. The van der Waals surface area contributed by atoms with Crippen LogP contribution in [-0.4, -0.2) is 27.2 Å². The summed E-state index contributed by atoms with van der Waals surface area (Å²) in [7, 11) is 0. The number of carbonyl (C=O) groups is 1. The molecule has 0 aliphatic rings. The molecule has 3 aromatic rings. The van der Waals surface area contributed by atoms with E-state index >= 15 is 0 Å². The predicted molar refractivity (Wildman–Crippen MR) is 83.9 cm³/mol. The van der Waals surface area contributed by atoms with Crippen molar-refractivity contribution in [1.82, 2.24) is 20.5 Å². The summed E-state index contributed by atoms with van der Waals surface area (Å²) in [5.74, 6) is -0.346. The van der Waals surface area contributed by atoms with Gasteiger partial charge in [-0.15, -0.1) is 5.10 Å². The van der Waals surface area contributed by atoms with Crippen molar-refractivity contribution < 1.29 is 13.6 Å². The van der Waals surface area contributed by atoms with E-state index in [1.807, 2.05) is 0 Å². The Hall–Kier alpha value is -3.49. The summed E-state index contributed by atoms with van der Waals surface area (Å²) in [6.45, 7) is 1.67. The van der Waals surface area contributed by atoms with Crippen LogP contribution in [0.3, 0.4) is 0 Å². The summed E-state index contributed by atoms with van der Waals surface area (Å²) in [4.78, 5) is 13.4. The van der Waals surface area contributed by atoms with Crippen molar-refractivity contribution in [2.75, 3.05) is 5.43 Å². The van der Waals surface area contributed by atoms with Gasteiger partial charge < -0.3 is 4.42 Å². The fraction of sp³-hybridized carbons (Fsp3) is 0.0667. The maximum absolute atomic E-state index is 12.9. The Morgan fingerprint density at radius 1 is 1.33 bits per heavy atom. The van der Waals surface area contributed by atoms with Crippen LogP contribution in [0, 0.1) is 12.7 Å². The Morgan fingerprint density at radius 3 is 2.83 bits per heavy atom. The Kier molecular flexibility index (Phi) is 4.32. The number of amides is 1. The van der Waals surface area contributed by atoms with Crippen LogP contribution in [-0.2, 0) is 0 Å². The molecule has 1 aromatic carbocycles. The van der Waals surface area contributed by atoms with Crippen molar-refractivity contribution >= 4 is 17.8 Å². The normalized spacial score (nSPS) is 10.9. The average Bonchev–Trinajstić information content (AvgIpc) is 3.20. The summed E-state index contributed by atoms with van der Waals surface area (Å²) in [5, 5.41) is 11.4. The number of carbonyl (C=O) groups excluding carboxylic acids is 1. The van der Waals surface area contributed by atoms with Crippen LogP contribution in [0.5, 0.6) is 0 Å². The summed E-state index contributed by atoms with van der Waals surface area (Å²) < 4.78 is 18.0. The van der Waals surface area contributed by atoms with E-state index in [0.29, 0.717) is 17.1 Å². The van der Waals surface area contributed by atoms with Crippen LogP contribution < -0.4 is 10.9 Å². The first-order valence-electron chi connectivity index (χ1n) is 6.95. The number of hydrazone groups is 1. The summed E-state index contributed by atoms with van der Waals surface area (Å²) >= 11 is 0. The molecule has 0 atom stereocenters. The quantitative estimate of drug-likeness (QED) is 0.551. The summed E-state index contributed by atoms with van der Waals surface area (Å²) in [6, 6.07) is 9.12. The zero-order valence-electron chi connectivity index (χ0n) is 12.6. The predicted octanol–water partition coefficient (Wildman–Crippen LogP) is 1.96. The van der Waals surface area contributed by atoms with Crippen molar-refractivity contribution in [1.29, 1.82) is 0 Å². The molecule has 0 bridgehead atoms. The minimum Gasteiger partial charge on any atom is -0.463 e. The Balaban J connectivity index is 1.67. The van der Waals surface area contributed by atoms with Gasteiger partial charge in [0.05, 0.1) is 23.9 Å². The SMILES string of the molecule is Cc1c(C(=O)N/N=C/c2ccco2)nnn1Nc1ccc(F)cc1. The van der Waals surface area contributed by atoms with Gasteiger partial charge in [-0.05, 0) is 48.5 Å². The van der Waals surface area contributed by atoms with E-state index in [1.54, 1.807) is 31.2 Å². The van der Waals surface area contributed by atoms with E-state index in [4.69, 9.17) is 4.42 Å². The molecule has 0 saturated heterocycles. The number of benzene rings is 1. The topological polar surface area (TPSA) is 97.3 Å². The molecule has 24 heavy (non-hydrogen) atoms. The van der Waals surface area contributed by atoms with Crippen LogP contribution in [0.1, 0.15) is 21.9 Å². The number of anilines is 1. The highest BCUT2D eigenvalue weighted by molar-refractivity contribution is 5.93.